The number of hydrogen-bond acceptors (Lipinski definition) is 2. The fraction of sp³-hybridized carbons (Fsp3) is 0.364. The summed E-state index contributed by atoms with van der Waals surface area (Å²) in [4.78, 5) is 13.5. The number of halogens is 1. The summed E-state index contributed by atoms with van der Waals surface area (Å²) in [6, 6.07) is 4.66. The van der Waals surface area contributed by atoms with Crippen LogP contribution in [0, 0.1) is 0 Å². The molecule has 0 fully saturated rings. The van der Waals surface area contributed by atoms with Gasteiger partial charge in [-0.25, -0.2) is 0 Å². The van der Waals surface area contributed by atoms with E-state index in [1.54, 1.807) is 17.0 Å². The Balaban J connectivity index is 3.10. The van der Waals surface area contributed by atoms with Gasteiger partial charge in [0, 0.05) is 13.1 Å². The Kier molecular flexibility index (Phi) is 3.97. The molecule has 1 aromatic carbocycles. The largest absolute Gasteiger partial charge is 0.507 e. The van der Waals surface area contributed by atoms with E-state index >= 15 is 0 Å². The highest BCUT2D eigenvalue weighted by Crippen LogP contribution is 2.26. The quantitative estimate of drug-likeness (QED) is 0.862. The Morgan fingerprint density at radius 1 is 1.40 bits per heavy atom. The molecule has 0 saturated carbocycles. The maximum Gasteiger partial charge on any atom is 0.259 e. The summed E-state index contributed by atoms with van der Waals surface area (Å²) in [5, 5.41) is 9.85. The Morgan fingerprint density at radius 3 is 2.47 bits per heavy atom. The average Bonchev–Trinajstić information content (AvgIpc) is 2.19. The van der Waals surface area contributed by atoms with Gasteiger partial charge in [0.15, 0.2) is 0 Å². The van der Waals surface area contributed by atoms with Gasteiger partial charge in [-0.1, -0.05) is 17.7 Å². The van der Waals surface area contributed by atoms with Crippen molar-refractivity contribution in [3.05, 3.63) is 28.8 Å². The van der Waals surface area contributed by atoms with Gasteiger partial charge in [-0.05, 0) is 26.0 Å². The molecular formula is C11H14ClNO2. The van der Waals surface area contributed by atoms with Gasteiger partial charge < -0.3 is 10.0 Å². The number of aromatic hydroxyl groups is 1. The van der Waals surface area contributed by atoms with Gasteiger partial charge in [0.2, 0.25) is 0 Å². The first-order valence-electron chi connectivity index (χ1n) is 4.88. The molecule has 0 aliphatic heterocycles. The van der Waals surface area contributed by atoms with E-state index in [9.17, 15) is 9.90 Å². The van der Waals surface area contributed by atoms with Crippen LogP contribution in [0.5, 0.6) is 5.75 Å². The van der Waals surface area contributed by atoms with E-state index in [2.05, 4.69) is 0 Å². The Morgan fingerprint density at radius 2 is 2.00 bits per heavy atom. The predicted octanol–water partition coefficient (Wildman–Crippen LogP) is 2.53. The first-order valence-corrected chi connectivity index (χ1v) is 5.26. The van der Waals surface area contributed by atoms with E-state index in [1.807, 2.05) is 13.8 Å². The van der Waals surface area contributed by atoms with Crippen LogP contribution in [-0.4, -0.2) is 29.0 Å². The molecule has 3 nitrogen and oxygen atoms in total. The van der Waals surface area contributed by atoms with Crippen molar-refractivity contribution in [1.82, 2.24) is 4.90 Å². The molecule has 0 unspecified atom stereocenters. The molecular weight excluding hydrogens is 214 g/mol. The van der Waals surface area contributed by atoms with Gasteiger partial charge >= 0.3 is 0 Å². The van der Waals surface area contributed by atoms with Gasteiger partial charge in [-0.3, -0.25) is 4.79 Å². The lowest BCUT2D eigenvalue weighted by Crippen LogP contribution is -2.30. The summed E-state index contributed by atoms with van der Waals surface area (Å²) in [7, 11) is 0. The number of phenols is 1. The van der Waals surface area contributed by atoms with E-state index in [-0.39, 0.29) is 22.2 Å². The fourth-order valence-corrected chi connectivity index (χ4v) is 1.64. The minimum atomic E-state index is -0.233. The van der Waals surface area contributed by atoms with Gasteiger partial charge in [0.05, 0.1) is 10.6 Å². The molecule has 1 aromatic rings. The van der Waals surface area contributed by atoms with Gasteiger partial charge in [0.25, 0.3) is 5.91 Å². The Labute approximate surface area is 94.3 Å². The second kappa shape index (κ2) is 5.03. The first-order chi connectivity index (χ1) is 7.11. The lowest BCUT2D eigenvalue weighted by Gasteiger charge is -2.19. The van der Waals surface area contributed by atoms with Crippen LogP contribution in [0.25, 0.3) is 0 Å². The maximum absolute atomic E-state index is 11.9. The minimum absolute atomic E-state index is 0.0700. The highest BCUT2D eigenvalue weighted by Gasteiger charge is 2.19. The van der Waals surface area contributed by atoms with Crippen LogP contribution in [0.2, 0.25) is 5.02 Å². The Hall–Kier alpha value is -1.22. The van der Waals surface area contributed by atoms with E-state index in [0.29, 0.717) is 13.1 Å². The summed E-state index contributed by atoms with van der Waals surface area (Å²) in [5.74, 6) is -0.303. The Bertz CT molecular complexity index is 341. The molecule has 0 aromatic heterocycles. The predicted molar refractivity (Wildman–Crippen MR) is 60.4 cm³/mol. The van der Waals surface area contributed by atoms with E-state index in [1.165, 1.54) is 6.07 Å². The highest BCUT2D eigenvalue weighted by atomic mass is 35.5. The zero-order chi connectivity index (χ0) is 11.4. The normalized spacial score (nSPS) is 10.1. The number of rotatable bonds is 3. The summed E-state index contributed by atoms with van der Waals surface area (Å²) in [5.41, 5.74) is 0.183. The van der Waals surface area contributed by atoms with Gasteiger partial charge in [-0.2, -0.15) is 0 Å². The zero-order valence-electron chi connectivity index (χ0n) is 8.83. The fourth-order valence-electron chi connectivity index (χ4n) is 1.39. The molecule has 4 heteroatoms. The third-order valence-electron chi connectivity index (χ3n) is 2.26. The van der Waals surface area contributed by atoms with E-state index in [0.717, 1.165) is 0 Å². The topological polar surface area (TPSA) is 40.5 Å². The molecule has 0 radical (unpaired) electrons. The van der Waals surface area contributed by atoms with Crippen molar-refractivity contribution in [1.29, 1.82) is 0 Å². The van der Waals surface area contributed by atoms with Crippen molar-refractivity contribution in [2.45, 2.75) is 13.8 Å². The lowest BCUT2D eigenvalue weighted by molar-refractivity contribution is 0.0770. The number of hydrogen-bond donors (Lipinski definition) is 1. The molecule has 0 spiro atoms. The number of carbonyl (C=O) groups excluding carboxylic acids is 1. The van der Waals surface area contributed by atoms with Gasteiger partial charge in [0.1, 0.15) is 5.75 Å². The monoisotopic (exact) mass is 227 g/mol. The SMILES string of the molecule is CCN(CC)C(=O)c1c(O)cccc1Cl. The minimum Gasteiger partial charge on any atom is -0.507 e. The number of nitrogens with zero attached hydrogens (tertiary/aromatic N) is 1. The molecule has 0 heterocycles. The molecule has 15 heavy (non-hydrogen) atoms. The molecule has 0 aliphatic rings. The van der Waals surface area contributed by atoms with Crippen LogP contribution < -0.4 is 0 Å². The van der Waals surface area contributed by atoms with Crippen LogP contribution in [0.3, 0.4) is 0 Å². The third kappa shape index (κ3) is 2.42. The molecule has 0 saturated heterocycles. The van der Waals surface area contributed by atoms with Crippen molar-refractivity contribution in [3.8, 4) is 5.75 Å². The molecule has 0 aliphatic carbocycles. The van der Waals surface area contributed by atoms with Crippen LogP contribution >= 0.6 is 11.6 Å². The average molecular weight is 228 g/mol. The molecule has 1 amide bonds. The maximum atomic E-state index is 11.9. The third-order valence-corrected chi connectivity index (χ3v) is 2.57. The zero-order valence-corrected chi connectivity index (χ0v) is 9.58. The lowest BCUT2D eigenvalue weighted by atomic mass is 10.1. The van der Waals surface area contributed by atoms with Crippen LogP contribution in [0.4, 0.5) is 0 Å². The summed E-state index contributed by atoms with van der Waals surface area (Å²) < 4.78 is 0. The number of phenolic OH excluding ortho intramolecular Hbond substituents is 1. The second-order valence-corrected chi connectivity index (χ2v) is 3.52. The number of carbonyl (C=O) groups is 1. The second-order valence-electron chi connectivity index (χ2n) is 3.11. The van der Waals surface area contributed by atoms with E-state index in [4.69, 9.17) is 11.6 Å². The van der Waals surface area contributed by atoms with Crippen molar-refractivity contribution < 1.29 is 9.90 Å². The number of benzene rings is 1. The summed E-state index contributed by atoms with van der Waals surface area (Å²) in [6.45, 7) is 4.96. The molecule has 1 rings (SSSR count). The van der Waals surface area contributed by atoms with Crippen molar-refractivity contribution >= 4 is 17.5 Å². The molecule has 82 valence electrons. The summed E-state index contributed by atoms with van der Waals surface area (Å²) in [6.07, 6.45) is 0. The van der Waals surface area contributed by atoms with Crippen molar-refractivity contribution in [3.63, 3.8) is 0 Å². The molecule has 1 N–H and O–H groups in total. The molecule has 0 bridgehead atoms. The number of amides is 1. The van der Waals surface area contributed by atoms with Crippen molar-refractivity contribution in [2.75, 3.05) is 13.1 Å². The summed E-state index contributed by atoms with van der Waals surface area (Å²) >= 11 is 5.87. The molecule has 0 atom stereocenters. The van der Waals surface area contributed by atoms with E-state index < -0.39 is 0 Å². The first kappa shape index (κ1) is 11.9. The standard InChI is InChI=1S/C11H14ClNO2/c1-3-13(4-2)11(15)10-8(12)6-5-7-9(10)14/h5-7,14H,3-4H2,1-2H3. The van der Waals surface area contributed by atoms with Crippen LogP contribution in [0.1, 0.15) is 24.2 Å². The van der Waals surface area contributed by atoms with Crippen LogP contribution in [0.15, 0.2) is 18.2 Å². The van der Waals surface area contributed by atoms with Crippen molar-refractivity contribution in [2.24, 2.45) is 0 Å². The highest BCUT2D eigenvalue weighted by molar-refractivity contribution is 6.34. The smallest absolute Gasteiger partial charge is 0.259 e. The van der Waals surface area contributed by atoms with Gasteiger partial charge in [-0.15, -0.1) is 0 Å². The van der Waals surface area contributed by atoms with Crippen LogP contribution in [-0.2, 0) is 0 Å².